The van der Waals surface area contributed by atoms with Crippen LogP contribution in [0, 0.1) is 11.6 Å². The third-order valence-corrected chi connectivity index (χ3v) is 10.8. The highest BCUT2D eigenvalue weighted by Crippen LogP contribution is 2.49. The maximum atomic E-state index is 15.4. The number of hydrogen-bond acceptors (Lipinski definition) is 7. The van der Waals surface area contributed by atoms with Gasteiger partial charge in [0.25, 0.3) is 0 Å². The maximum Gasteiger partial charge on any atom is 0.417 e. The highest BCUT2D eigenvalue weighted by molar-refractivity contribution is 7.99. The minimum absolute atomic E-state index is 0.0831. The van der Waals surface area contributed by atoms with Crippen molar-refractivity contribution >= 4 is 34.4 Å². The van der Waals surface area contributed by atoms with Crippen LogP contribution in [0.15, 0.2) is 46.6 Å². The van der Waals surface area contributed by atoms with E-state index in [0.717, 1.165) is 62.7 Å². The van der Waals surface area contributed by atoms with Crippen molar-refractivity contribution in [1.82, 2.24) is 24.3 Å². The molecule has 0 N–H and O–H groups in total. The van der Waals surface area contributed by atoms with E-state index in [1.54, 1.807) is 9.80 Å². The summed E-state index contributed by atoms with van der Waals surface area (Å²) in [6.45, 7) is 14.0. The van der Waals surface area contributed by atoms with Crippen molar-refractivity contribution in [1.29, 1.82) is 0 Å². The summed E-state index contributed by atoms with van der Waals surface area (Å²) < 4.78 is 76.0. The Kier molecular flexibility index (Phi) is 9.13. The van der Waals surface area contributed by atoms with Crippen LogP contribution in [-0.4, -0.2) is 99.8 Å². The van der Waals surface area contributed by atoms with Gasteiger partial charge >= 0.3 is 11.9 Å². The maximum absolute atomic E-state index is 15.4. The summed E-state index contributed by atoms with van der Waals surface area (Å²) in [5.41, 5.74) is -2.28. The fraction of sp³-hybridized carbons (Fsp3) is 0.485. The van der Waals surface area contributed by atoms with Crippen molar-refractivity contribution in [2.45, 2.75) is 56.5 Å². The van der Waals surface area contributed by atoms with E-state index >= 15 is 17.6 Å². The highest BCUT2D eigenvalue weighted by atomic mass is 32.2. The lowest BCUT2D eigenvalue weighted by atomic mass is 9.95. The van der Waals surface area contributed by atoms with Crippen LogP contribution in [0.5, 0.6) is 0 Å². The van der Waals surface area contributed by atoms with Gasteiger partial charge < -0.3 is 14.7 Å². The van der Waals surface area contributed by atoms with Crippen LogP contribution in [0.3, 0.4) is 0 Å². The van der Waals surface area contributed by atoms with Gasteiger partial charge in [-0.15, -0.1) is 11.8 Å². The Balaban J connectivity index is 1.59. The number of rotatable bonds is 5. The summed E-state index contributed by atoms with van der Waals surface area (Å²) in [6, 6.07) is 2.54. The predicted molar refractivity (Wildman–Crippen MR) is 173 cm³/mol. The molecular weight excluding hydrogens is 639 g/mol. The van der Waals surface area contributed by atoms with E-state index in [0.29, 0.717) is 11.8 Å². The first kappa shape index (κ1) is 33.4. The van der Waals surface area contributed by atoms with E-state index in [1.165, 1.54) is 10.6 Å². The number of carbonyl (C=O) groups is 1. The quantitative estimate of drug-likeness (QED) is 0.276. The van der Waals surface area contributed by atoms with Gasteiger partial charge in [0.15, 0.2) is 0 Å². The number of thioether (sulfide) groups is 1. The van der Waals surface area contributed by atoms with Crippen molar-refractivity contribution in [3.05, 3.63) is 64.6 Å². The molecule has 8 nitrogen and oxygen atoms in total. The number of hydrogen-bond donors (Lipinski definition) is 0. The van der Waals surface area contributed by atoms with Gasteiger partial charge in [-0.1, -0.05) is 13.5 Å². The molecule has 0 bridgehead atoms. The van der Waals surface area contributed by atoms with Crippen LogP contribution in [0.2, 0.25) is 0 Å². The molecule has 0 aliphatic carbocycles. The number of anilines is 1. The van der Waals surface area contributed by atoms with Crippen molar-refractivity contribution < 1.29 is 26.7 Å². The van der Waals surface area contributed by atoms with E-state index in [-0.39, 0.29) is 59.2 Å². The lowest BCUT2D eigenvalue weighted by Gasteiger charge is -2.44. The molecule has 0 spiro atoms. The minimum Gasteiger partial charge on any atom is -0.349 e. The van der Waals surface area contributed by atoms with Crippen molar-refractivity contribution in [3.8, 4) is 11.1 Å². The van der Waals surface area contributed by atoms with Gasteiger partial charge in [0.05, 0.1) is 11.1 Å². The Labute approximate surface area is 273 Å². The largest absolute Gasteiger partial charge is 0.417 e. The molecule has 47 heavy (non-hydrogen) atoms. The lowest BCUT2D eigenvalue weighted by Crippen LogP contribution is -2.58. The number of amides is 1. The van der Waals surface area contributed by atoms with E-state index < -0.39 is 46.2 Å². The smallest absolute Gasteiger partial charge is 0.349 e. The fourth-order valence-corrected chi connectivity index (χ4v) is 8.46. The molecule has 2 aromatic carbocycles. The molecule has 3 aromatic rings. The molecule has 0 saturated carbocycles. The molecule has 1 aromatic heterocycles. The number of alkyl halides is 3. The van der Waals surface area contributed by atoms with Crippen molar-refractivity contribution in [2.24, 2.45) is 0 Å². The summed E-state index contributed by atoms with van der Waals surface area (Å²) in [6.07, 6.45) is -3.70. The zero-order valence-corrected chi connectivity index (χ0v) is 27.3. The first-order valence-electron chi connectivity index (χ1n) is 15.7. The number of nitrogens with zero attached hydrogens (tertiary/aromatic N) is 6. The Bertz CT molecular complexity index is 1770. The normalized spacial score (nSPS) is 22.9. The topological polar surface area (TPSA) is 64.9 Å². The molecular formula is C33H37F5N6O2S. The van der Waals surface area contributed by atoms with Gasteiger partial charge in [0.1, 0.15) is 17.5 Å². The average molecular weight is 677 g/mol. The van der Waals surface area contributed by atoms with Gasteiger partial charge in [-0.3, -0.25) is 14.3 Å². The molecule has 2 fully saturated rings. The molecule has 3 aliphatic heterocycles. The van der Waals surface area contributed by atoms with Crippen molar-refractivity contribution in [3.63, 3.8) is 0 Å². The molecule has 3 atom stereocenters. The van der Waals surface area contributed by atoms with Gasteiger partial charge in [-0.25, -0.2) is 13.6 Å². The third kappa shape index (κ3) is 6.15. The summed E-state index contributed by atoms with van der Waals surface area (Å²) in [7, 11) is 0. The number of likely N-dealkylation sites (N-methyl/N-ethyl adjacent to an activating group) is 1. The minimum atomic E-state index is -4.92. The van der Waals surface area contributed by atoms with Crippen LogP contribution in [-0.2, 0) is 17.5 Å². The first-order valence-corrected chi connectivity index (χ1v) is 16.7. The summed E-state index contributed by atoms with van der Waals surface area (Å²) in [5, 5.41) is 0.115. The molecule has 252 valence electrons. The average Bonchev–Trinajstić information content (AvgIpc) is 3.24. The van der Waals surface area contributed by atoms with Gasteiger partial charge in [-0.2, -0.15) is 18.2 Å². The van der Waals surface area contributed by atoms with Crippen LogP contribution in [0.25, 0.3) is 22.0 Å². The molecule has 0 radical (unpaired) electrons. The Hall–Kier alpha value is -3.49. The summed E-state index contributed by atoms with van der Waals surface area (Å²) >= 11 is 1.16. The molecule has 6 rings (SSSR count). The molecule has 2 saturated heterocycles. The predicted octanol–water partition coefficient (Wildman–Crippen LogP) is 5.08. The van der Waals surface area contributed by atoms with E-state index in [2.05, 4.69) is 28.3 Å². The van der Waals surface area contributed by atoms with E-state index in [9.17, 15) is 14.0 Å². The second kappa shape index (κ2) is 12.8. The first-order chi connectivity index (χ1) is 22.3. The van der Waals surface area contributed by atoms with Gasteiger partial charge in [0, 0.05) is 97.2 Å². The second-order valence-electron chi connectivity index (χ2n) is 12.5. The van der Waals surface area contributed by atoms with Crippen LogP contribution < -0.4 is 10.6 Å². The molecule has 14 heteroatoms. The second-order valence-corrected chi connectivity index (χ2v) is 13.5. The van der Waals surface area contributed by atoms with Gasteiger partial charge in [0.2, 0.25) is 5.91 Å². The zero-order valence-electron chi connectivity index (χ0n) is 26.5. The standard InChI is InChI=1S/C33H37F5N6O2S/c1-5-27(45)42-15-20(4)43(16-19(42)3)31-24-14-25(33(36,37)38)28(23-8-7-21(34)13-26(23)35)30-29(24)44(32(46)39-31)17-22(18-47-30)41-11-9-40(6-2)10-12-41/h5,7-8,13-14,19-20,22H,1,6,9-12,15-18H2,2-4H3/t19-,20+,22?/m1/s1. The molecule has 1 amide bonds. The number of aromatic nitrogens is 2. The van der Waals surface area contributed by atoms with E-state index in [1.807, 2.05) is 13.8 Å². The van der Waals surface area contributed by atoms with Crippen LogP contribution in [0.1, 0.15) is 26.3 Å². The van der Waals surface area contributed by atoms with Crippen molar-refractivity contribution in [2.75, 3.05) is 56.5 Å². The number of carbonyl (C=O) groups excluding carboxylic acids is 1. The molecule has 1 unspecified atom stereocenters. The third-order valence-electron chi connectivity index (χ3n) is 9.60. The van der Waals surface area contributed by atoms with Crippen LogP contribution >= 0.6 is 11.8 Å². The number of piperazine rings is 2. The van der Waals surface area contributed by atoms with Gasteiger partial charge in [-0.05, 0) is 44.7 Å². The molecule has 4 heterocycles. The van der Waals surface area contributed by atoms with E-state index in [4.69, 9.17) is 0 Å². The highest BCUT2D eigenvalue weighted by Gasteiger charge is 2.41. The Morgan fingerprint density at radius 2 is 1.79 bits per heavy atom. The lowest BCUT2D eigenvalue weighted by molar-refractivity contribution is -0.137. The Morgan fingerprint density at radius 1 is 1.06 bits per heavy atom. The number of halogens is 5. The SMILES string of the molecule is C=CC(=O)N1C[C@H](C)N(c2nc(=O)n3c4c(c(-c5ccc(F)cc5F)c(C(F)(F)F)cc24)SCC(N2CCN(CC)CC2)C3)C[C@H]1C. The molecule has 3 aliphatic rings. The Morgan fingerprint density at radius 3 is 2.43 bits per heavy atom. The number of benzene rings is 2. The fourth-order valence-electron chi connectivity index (χ4n) is 7.06. The zero-order chi connectivity index (χ0) is 33.8. The summed E-state index contributed by atoms with van der Waals surface area (Å²) in [4.78, 5) is 39.0. The summed E-state index contributed by atoms with van der Waals surface area (Å²) in [5.74, 6) is -1.87. The monoisotopic (exact) mass is 676 g/mol. The van der Waals surface area contributed by atoms with Crippen LogP contribution in [0.4, 0.5) is 27.8 Å².